The molecule has 1 N–H and O–H groups in total. The molecule has 0 spiro atoms. The van der Waals surface area contributed by atoms with E-state index in [9.17, 15) is 5.26 Å². The summed E-state index contributed by atoms with van der Waals surface area (Å²) < 4.78 is 0. The number of benzene rings is 1. The van der Waals surface area contributed by atoms with Crippen molar-refractivity contribution in [3.8, 4) is 6.07 Å². The van der Waals surface area contributed by atoms with E-state index in [1.807, 2.05) is 6.07 Å². The lowest BCUT2D eigenvalue weighted by Crippen LogP contribution is -2.57. The zero-order valence-electron chi connectivity index (χ0n) is 13.6. The molecular formula is C17H26N4. The van der Waals surface area contributed by atoms with Crippen LogP contribution in [0.25, 0.3) is 0 Å². The summed E-state index contributed by atoms with van der Waals surface area (Å²) in [6.07, 6.45) is 0. The average molecular weight is 286 g/mol. The number of anilines is 1. The Bertz CT molecular complexity index is 530. The van der Waals surface area contributed by atoms with E-state index in [0.29, 0.717) is 0 Å². The maximum absolute atomic E-state index is 9.47. The Morgan fingerprint density at radius 3 is 2.71 bits per heavy atom. The minimum Gasteiger partial charge on any atom is -0.367 e. The molecule has 0 aliphatic carbocycles. The fourth-order valence-corrected chi connectivity index (χ4v) is 2.77. The zero-order chi connectivity index (χ0) is 15.5. The zero-order valence-corrected chi connectivity index (χ0v) is 13.6. The Kier molecular flexibility index (Phi) is 4.87. The summed E-state index contributed by atoms with van der Waals surface area (Å²) in [5, 5.41) is 12.8. The predicted octanol–water partition coefficient (Wildman–Crippen LogP) is 2.20. The van der Waals surface area contributed by atoms with Crippen LogP contribution in [0.5, 0.6) is 0 Å². The third-order valence-corrected chi connectivity index (χ3v) is 4.42. The summed E-state index contributed by atoms with van der Waals surface area (Å²) in [5.41, 5.74) is 3.16. The van der Waals surface area contributed by atoms with Crippen molar-refractivity contribution in [3.63, 3.8) is 0 Å². The second-order valence-electron chi connectivity index (χ2n) is 6.40. The van der Waals surface area contributed by atoms with Gasteiger partial charge in [0.05, 0.1) is 11.3 Å². The van der Waals surface area contributed by atoms with E-state index in [4.69, 9.17) is 0 Å². The maximum atomic E-state index is 9.47. The number of nitrogens with one attached hydrogen (secondary N) is 1. The standard InChI is InChI=1S/C17H26N4/c1-5-19-12-14-6-7-16(15(10-14)11-18)21-9-8-20(4)17(2,3)13-21/h6-7,10,19H,5,8-9,12-13H2,1-4H3. The first kappa shape index (κ1) is 15.8. The first-order chi connectivity index (χ1) is 9.97. The van der Waals surface area contributed by atoms with Crippen molar-refractivity contribution in [3.05, 3.63) is 29.3 Å². The first-order valence-electron chi connectivity index (χ1n) is 7.68. The monoisotopic (exact) mass is 286 g/mol. The van der Waals surface area contributed by atoms with E-state index in [2.05, 4.69) is 61.1 Å². The molecule has 0 aromatic heterocycles. The summed E-state index contributed by atoms with van der Waals surface area (Å²) in [7, 11) is 2.17. The molecule has 0 saturated carbocycles. The number of hydrogen-bond donors (Lipinski definition) is 1. The fraction of sp³-hybridized carbons (Fsp3) is 0.588. The highest BCUT2D eigenvalue weighted by atomic mass is 15.3. The molecule has 114 valence electrons. The summed E-state index contributed by atoms with van der Waals surface area (Å²) in [4.78, 5) is 4.73. The smallest absolute Gasteiger partial charge is 0.101 e. The molecule has 1 aromatic carbocycles. The molecule has 4 nitrogen and oxygen atoms in total. The van der Waals surface area contributed by atoms with Crippen molar-refractivity contribution in [2.75, 3.05) is 38.1 Å². The molecule has 1 aromatic rings. The van der Waals surface area contributed by atoms with E-state index in [1.54, 1.807) is 0 Å². The predicted molar refractivity (Wildman–Crippen MR) is 87.5 cm³/mol. The molecule has 1 aliphatic rings. The Morgan fingerprint density at radius 1 is 1.33 bits per heavy atom. The highest BCUT2D eigenvalue weighted by Crippen LogP contribution is 2.27. The van der Waals surface area contributed by atoms with E-state index in [1.165, 1.54) is 5.56 Å². The molecule has 2 rings (SSSR count). The molecular weight excluding hydrogens is 260 g/mol. The van der Waals surface area contributed by atoms with Gasteiger partial charge < -0.3 is 10.2 Å². The third kappa shape index (κ3) is 3.55. The van der Waals surface area contributed by atoms with Crippen LogP contribution in [-0.2, 0) is 6.54 Å². The Morgan fingerprint density at radius 2 is 2.10 bits per heavy atom. The molecule has 1 heterocycles. The summed E-state index contributed by atoms with van der Waals surface area (Å²) in [6, 6.07) is 8.62. The van der Waals surface area contributed by atoms with E-state index >= 15 is 0 Å². The van der Waals surface area contributed by atoms with Gasteiger partial charge in [0.1, 0.15) is 6.07 Å². The van der Waals surface area contributed by atoms with Crippen molar-refractivity contribution in [1.82, 2.24) is 10.2 Å². The normalized spacial score (nSPS) is 18.5. The number of rotatable bonds is 4. The van der Waals surface area contributed by atoms with Gasteiger partial charge in [0, 0.05) is 31.7 Å². The van der Waals surface area contributed by atoms with Crippen LogP contribution < -0.4 is 10.2 Å². The van der Waals surface area contributed by atoms with Crippen molar-refractivity contribution >= 4 is 5.69 Å². The first-order valence-corrected chi connectivity index (χ1v) is 7.68. The lowest BCUT2D eigenvalue weighted by molar-refractivity contribution is 0.139. The van der Waals surface area contributed by atoms with Gasteiger partial charge in [-0.15, -0.1) is 0 Å². The highest BCUT2D eigenvalue weighted by Gasteiger charge is 2.31. The minimum absolute atomic E-state index is 0.132. The number of nitriles is 1. The molecule has 0 atom stereocenters. The van der Waals surface area contributed by atoms with Crippen LogP contribution >= 0.6 is 0 Å². The maximum Gasteiger partial charge on any atom is 0.101 e. The van der Waals surface area contributed by atoms with Crippen LogP contribution in [-0.4, -0.2) is 43.7 Å². The Labute approximate surface area is 128 Å². The van der Waals surface area contributed by atoms with Gasteiger partial charge in [-0.25, -0.2) is 0 Å². The van der Waals surface area contributed by atoms with Crippen LogP contribution in [0.2, 0.25) is 0 Å². The van der Waals surface area contributed by atoms with Crippen LogP contribution in [0.15, 0.2) is 18.2 Å². The van der Waals surface area contributed by atoms with Gasteiger partial charge in [0.25, 0.3) is 0 Å². The van der Waals surface area contributed by atoms with E-state index < -0.39 is 0 Å². The second-order valence-corrected chi connectivity index (χ2v) is 6.40. The topological polar surface area (TPSA) is 42.3 Å². The SMILES string of the molecule is CCNCc1ccc(N2CCN(C)C(C)(C)C2)c(C#N)c1. The Balaban J connectivity index is 2.22. The van der Waals surface area contributed by atoms with Crippen molar-refractivity contribution in [2.45, 2.75) is 32.9 Å². The Hall–Kier alpha value is -1.57. The molecule has 0 amide bonds. The molecule has 1 fully saturated rings. The van der Waals surface area contributed by atoms with Gasteiger partial charge in [-0.05, 0) is 45.1 Å². The molecule has 1 aliphatic heterocycles. The van der Waals surface area contributed by atoms with Gasteiger partial charge >= 0.3 is 0 Å². The molecule has 0 bridgehead atoms. The lowest BCUT2D eigenvalue weighted by Gasteiger charge is -2.46. The summed E-state index contributed by atoms with van der Waals surface area (Å²) in [5.74, 6) is 0. The van der Waals surface area contributed by atoms with Crippen LogP contribution in [0.3, 0.4) is 0 Å². The molecule has 4 heteroatoms. The van der Waals surface area contributed by atoms with Crippen molar-refractivity contribution < 1.29 is 0 Å². The van der Waals surface area contributed by atoms with E-state index in [-0.39, 0.29) is 5.54 Å². The van der Waals surface area contributed by atoms with Gasteiger partial charge in [-0.1, -0.05) is 13.0 Å². The van der Waals surface area contributed by atoms with Gasteiger partial charge in [0.2, 0.25) is 0 Å². The fourth-order valence-electron chi connectivity index (χ4n) is 2.77. The van der Waals surface area contributed by atoms with Crippen molar-refractivity contribution in [2.24, 2.45) is 0 Å². The van der Waals surface area contributed by atoms with Gasteiger partial charge in [0.15, 0.2) is 0 Å². The number of nitrogens with zero attached hydrogens (tertiary/aromatic N) is 3. The van der Waals surface area contributed by atoms with E-state index in [0.717, 1.165) is 44.0 Å². The highest BCUT2D eigenvalue weighted by molar-refractivity contribution is 5.61. The summed E-state index contributed by atoms with van der Waals surface area (Å²) in [6.45, 7) is 11.3. The molecule has 0 unspecified atom stereocenters. The second kappa shape index (κ2) is 6.46. The molecule has 0 radical (unpaired) electrons. The van der Waals surface area contributed by atoms with Crippen LogP contribution in [0.1, 0.15) is 31.9 Å². The van der Waals surface area contributed by atoms with Crippen LogP contribution in [0, 0.1) is 11.3 Å². The number of likely N-dealkylation sites (N-methyl/N-ethyl adjacent to an activating group) is 1. The van der Waals surface area contributed by atoms with Gasteiger partial charge in [-0.3, -0.25) is 4.90 Å². The lowest BCUT2D eigenvalue weighted by atomic mass is 9.98. The quantitative estimate of drug-likeness (QED) is 0.921. The molecule has 21 heavy (non-hydrogen) atoms. The van der Waals surface area contributed by atoms with Crippen LogP contribution in [0.4, 0.5) is 5.69 Å². The minimum atomic E-state index is 0.132. The summed E-state index contributed by atoms with van der Waals surface area (Å²) >= 11 is 0. The van der Waals surface area contributed by atoms with Crippen molar-refractivity contribution in [1.29, 1.82) is 5.26 Å². The number of piperazine rings is 1. The third-order valence-electron chi connectivity index (χ3n) is 4.42. The average Bonchev–Trinajstić information content (AvgIpc) is 2.47. The molecule has 1 saturated heterocycles. The number of hydrogen-bond acceptors (Lipinski definition) is 4. The van der Waals surface area contributed by atoms with Gasteiger partial charge in [-0.2, -0.15) is 5.26 Å². The largest absolute Gasteiger partial charge is 0.367 e.